The molecule has 0 aliphatic carbocycles. The first kappa shape index (κ1) is 32.6. The Hall–Kier alpha value is -5.60. The molecule has 0 bridgehead atoms. The zero-order chi connectivity index (χ0) is 35.3. The van der Waals surface area contributed by atoms with E-state index in [1.54, 1.807) is 29.6 Å². The van der Waals surface area contributed by atoms with E-state index in [0.717, 1.165) is 16.5 Å². The number of aromatic nitrogens is 3. The maximum atomic E-state index is 15.4. The number of nitrogens with zero attached hydrogens (tertiary/aromatic N) is 4. The van der Waals surface area contributed by atoms with Crippen molar-refractivity contribution in [2.24, 2.45) is 0 Å². The maximum absolute atomic E-state index is 15.4. The van der Waals surface area contributed by atoms with Gasteiger partial charge >= 0.3 is 0 Å². The van der Waals surface area contributed by atoms with E-state index in [2.05, 4.69) is 15.3 Å². The Kier molecular flexibility index (Phi) is 8.27. The third-order valence-corrected chi connectivity index (χ3v) is 9.86. The lowest BCUT2D eigenvalue weighted by Crippen LogP contribution is -2.29. The first-order valence-corrected chi connectivity index (χ1v) is 16.8. The number of amides is 1. The molecule has 2 aromatic carbocycles. The highest BCUT2D eigenvalue weighted by Crippen LogP contribution is 2.39. The van der Waals surface area contributed by atoms with Gasteiger partial charge in [-0.05, 0) is 54.1 Å². The van der Waals surface area contributed by atoms with Crippen LogP contribution in [-0.4, -0.2) is 51.0 Å². The van der Waals surface area contributed by atoms with Crippen LogP contribution in [0.5, 0.6) is 17.2 Å². The SMILES string of the molecule is O=C(Nc1ccc(Oc2ccnc3cc(-c4ccc(CN5CCC(F)(F)C5)cn4)sc23)c(F)c1)c1c2c(cn(-c3ccc(F)cc3)c1=O)CCO2. The fourth-order valence-electron chi connectivity index (χ4n) is 6.21. The second-order valence-corrected chi connectivity index (χ2v) is 13.4. The van der Waals surface area contributed by atoms with E-state index in [-0.39, 0.29) is 42.3 Å². The van der Waals surface area contributed by atoms with E-state index in [4.69, 9.17) is 9.47 Å². The number of carbonyl (C=O) groups is 1. The Balaban J connectivity index is 0.997. The summed E-state index contributed by atoms with van der Waals surface area (Å²) in [5.74, 6) is -4.26. The molecule has 4 aromatic heterocycles. The molecule has 0 saturated carbocycles. The number of anilines is 1. The standard InChI is InChI=1S/C37H27F4N5O4S/c38-23-2-5-25(6-3-23)46-19-22-10-14-49-33(22)32(36(46)48)35(47)44-24-4-8-29(26(39)15-24)50-30-9-12-42-28-16-31(51-34(28)30)27-7-1-21(17-43-27)18-45-13-11-37(40,41)20-45/h1-9,12,15-17,19H,10-11,13-14,18,20H2,(H,44,47). The van der Waals surface area contributed by atoms with E-state index in [0.29, 0.717) is 52.4 Å². The summed E-state index contributed by atoms with van der Waals surface area (Å²) in [7, 11) is 0. The van der Waals surface area contributed by atoms with Crippen LogP contribution in [0.2, 0.25) is 0 Å². The summed E-state index contributed by atoms with van der Waals surface area (Å²) in [6, 6.07) is 16.4. The third kappa shape index (κ3) is 6.55. The number of rotatable bonds is 8. The number of likely N-dealkylation sites (tertiary alicyclic amines) is 1. The zero-order valence-corrected chi connectivity index (χ0v) is 27.5. The maximum Gasteiger partial charge on any atom is 0.271 e. The molecule has 0 unspecified atom stereocenters. The van der Waals surface area contributed by atoms with Crippen molar-refractivity contribution in [3.05, 3.63) is 124 Å². The number of hydrogen-bond acceptors (Lipinski definition) is 8. The van der Waals surface area contributed by atoms with Crippen LogP contribution in [0.25, 0.3) is 26.5 Å². The lowest BCUT2D eigenvalue weighted by Gasteiger charge is -2.15. The minimum atomic E-state index is -2.66. The van der Waals surface area contributed by atoms with Crippen molar-refractivity contribution < 1.29 is 31.8 Å². The van der Waals surface area contributed by atoms with Crippen LogP contribution in [-0.2, 0) is 13.0 Å². The highest BCUT2D eigenvalue weighted by molar-refractivity contribution is 7.22. The molecule has 1 N–H and O–H groups in total. The van der Waals surface area contributed by atoms with Crippen LogP contribution in [0, 0.1) is 11.6 Å². The smallest absolute Gasteiger partial charge is 0.271 e. The summed E-state index contributed by atoms with van der Waals surface area (Å²) >= 11 is 1.36. The first-order chi connectivity index (χ1) is 24.6. The quantitative estimate of drug-likeness (QED) is 0.162. The number of halogens is 4. The van der Waals surface area contributed by atoms with Gasteiger partial charge in [-0.25, -0.2) is 17.6 Å². The van der Waals surface area contributed by atoms with Crippen LogP contribution >= 0.6 is 11.3 Å². The second-order valence-electron chi connectivity index (χ2n) is 12.3. The van der Waals surface area contributed by atoms with Crippen molar-refractivity contribution in [3.63, 3.8) is 0 Å². The van der Waals surface area contributed by atoms with E-state index in [1.807, 2.05) is 18.2 Å². The fraction of sp³-hybridized carbons (Fsp3) is 0.189. The minimum absolute atomic E-state index is 0.0828. The summed E-state index contributed by atoms with van der Waals surface area (Å²) in [5, 5.41) is 2.59. The molecule has 1 fully saturated rings. The number of benzene rings is 2. The lowest BCUT2D eigenvalue weighted by atomic mass is 10.1. The van der Waals surface area contributed by atoms with Crippen molar-refractivity contribution in [2.45, 2.75) is 25.3 Å². The molecule has 2 aliphatic heterocycles. The molecule has 0 radical (unpaired) electrons. The molecule has 258 valence electrons. The number of nitrogens with one attached hydrogen (secondary N) is 1. The lowest BCUT2D eigenvalue weighted by molar-refractivity contribution is 0.0115. The number of ether oxygens (including phenoxy) is 2. The number of thiophene rings is 1. The Labute approximate surface area is 291 Å². The van der Waals surface area contributed by atoms with E-state index in [1.165, 1.54) is 52.3 Å². The van der Waals surface area contributed by atoms with Crippen LogP contribution in [0.4, 0.5) is 23.2 Å². The van der Waals surface area contributed by atoms with Gasteiger partial charge in [-0.2, -0.15) is 0 Å². The van der Waals surface area contributed by atoms with Gasteiger partial charge in [0, 0.05) is 73.6 Å². The summed E-state index contributed by atoms with van der Waals surface area (Å²) in [5.41, 5.74) is 2.30. The van der Waals surface area contributed by atoms with Gasteiger partial charge in [0.25, 0.3) is 17.4 Å². The van der Waals surface area contributed by atoms with Crippen molar-refractivity contribution in [3.8, 4) is 33.5 Å². The highest BCUT2D eigenvalue weighted by Gasteiger charge is 2.38. The monoisotopic (exact) mass is 713 g/mol. The zero-order valence-electron chi connectivity index (χ0n) is 26.7. The molecule has 14 heteroatoms. The number of fused-ring (bicyclic) bond motifs is 2. The van der Waals surface area contributed by atoms with Crippen molar-refractivity contribution >= 4 is 33.1 Å². The molecule has 9 nitrogen and oxygen atoms in total. The van der Waals surface area contributed by atoms with E-state index in [9.17, 15) is 22.8 Å². The minimum Gasteiger partial charge on any atom is -0.492 e. The Morgan fingerprint density at radius 1 is 1.02 bits per heavy atom. The van der Waals surface area contributed by atoms with Gasteiger partial charge in [0.1, 0.15) is 22.9 Å². The normalized spacial score (nSPS) is 15.1. The molecular formula is C37H27F4N5O4S. The van der Waals surface area contributed by atoms with Gasteiger partial charge in [0.15, 0.2) is 11.6 Å². The molecule has 8 rings (SSSR count). The summed E-state index contributed by atoms with van der Waals surface area (Å²) < 4.78 is 69.7. The highest BCUT2D eigenvalue weighted by atomic mass is 32.1. The average Bonchev–Trinajstić information content (AvgIpc) is 3.85. The van der Waals surface area contributed by atoms with Gasteiger partial charge < -0.3 is 14.8 Å². The van der Waals surface area contributed by atoms with Crippen LogP contribution in [0.15, 0.2) is 90.1 Å². The van der Waals surface area contributed by atoms with Gasteiger partial charge in [0.05, 0.1) is 33.9 Å². The molecule has 0 spiro atoms. The van der Waals surface area contributed by atoms with E-state index >= 15 is 4.39 Å². The predicted octanol–water partition coefficient (Wildman–Crippen LogP) is 7.61. The molecule has 51 heavy (non-hydrogen) atoms. The summed E-state index contributed by atoms with van der Waals surface area (Å²) in [4.78, 5) is 38.4. The molecule has 6 aromatic rings. The summed E-state index contributed by atoms with van der Waals surface area (Å²) in [6.45, 7) is 0.752. The van der Waals surface area contributed by atoms with Crippen LogP contribution < -0.4 is 20.3 Å². The van der Waals surface area contributed by atoms with Gasteiger partial charge in [0.2, 0.25) is 0 Å². The molecule has 0 atom stereocenters. The van der Waals surface area contributed by atoms with Crippen molar-refractivity contribution in [1.29, 1.82) is 0 Å². The third-order valence-electron chi connectivity index (χ3n) is 8.70. The van der Waals surface area contributed by atoms with Crippen LogP contribution in [0.1, 0.15) is 27.9 Å². The topological polar surface area (TPSA) is 98.6 Å². The first-order valence-electron chi connectivity index (χ1n) is 16.0. The van der Waals surface area contributed by atoms with Gasteiger partial charge in [-0.1, -0.05) is 6.07 Å². The molecular weight excluding hydrogens is 686 g/mol. The molecule has 6 heterocycles. The van der Waals surface area contributed by atoms with Crippen molar-refractivity contribution in [2.75, 3.05) is 25.0 Å². The van der Waals surface area contributed by atoms with Gasteiger partial charge in [-0.3, -0.25) is 29.0 Å². The van der Waals surface area contributed by atoms with E-state index < -0.39 is 29.0 Å². The number of carbonyl (C=O) groups excluding carboxylic acids is 1. The predicted molar refractivity (Wildman–Crippen MR) is 183 cm³/mol. The Bertz CT molecular complexity index is 2360. The number of hydrogen-bond donors (Lipinski definition) is 1. The fourth-order valence-corrected chi connectivity index (χ4v) is 7.25. The summed E-state index contributed by atoms with van der Waals surface area (Å²) in [6.07, 6.45) is 5.12. The number of pyridine rings is 3. The Morgan fingerprint density at radius 2 is 1.86 bits per heavy atom. The largest absolute Gasteiger partial charge is 0.492 e. The second kappa shape index (κ2) is 12.9. The molecule has 1 saturated heterocycles. The van der Waals surface area contributed by atoms with Gasteiger partial charge in [-0.15, -0.1) is 11.3 Å². The average molecular weight is 714 g/mol. The molecule has 1 amide bonds. The number of alkyl halides is 2. The Morgan fingerprint density at radius 3 is 2.61 bits per heavy atom. The van der Waals surface area contributed by atoms with Crippen LogP contribution in [0.3, 0.4) is 0 Å². The molecule has 2 aliphatic rings. The van der Waals surface area contributed by atoms with Crippen molar-refractivity contribution in [1.82, 2.24) is 19.4 Å².